The number of ketones is 1. The van der Waals surface area contributed by atoms with E-state index in [0.29, 0.717) is 45.0 Å². The fraction of sp³-hybridized carbons (Fsp3) is 0.208. The van der Waals surface area contributed by atoms with Gasteiger partial charge < -0.3 is 4.74 Å². The summed E-state index contributed by atoms with van der Waals surface area (Å²) < 4.78 is 11.0. The van der Waals surface area contributed by atoms with Crippen LogP contribution in [-0.2, 0) is 20.6 Å². The van der Waals surface area contributed by atoms with Crippen molar-refractivity contribution in [3.63, 3.8) is 0 Å². The van der Waals surface area contributed by atoms with Gasteiger partial charge in [0.2, 0.25) is 5.78 Å². The average molecular weight is 525 g/mol. The maximum absolute atomic E-state index is 13.2. The Balaban J connectivity index is 1.62. The second kappa shape index (κ2) is 9.32. The highest BCUT2D eigenvalue weighted by Crippen LogP contribution is 2.26. The maximum atomic E-state index is 13.2. The van der Waals surface area contributed by atoms with E-state index in [2.05, 4.69) is 10.2 Å². The predicted octanol–water partition coefficient (Wildman–Crippen LogP) is 2.77. The van der Waals surface area contributed by atoms with Crippen LogP contribution in [0.5, 0.6) is 5.75 Å². The van der Waals surface area contributed by atoms with Gasteiger partial charge >= 0.3 is 5.69 Å². The van der Waals surface area contributed by atoms with Crippen molar-refractivity contribution in [2.45, 2.75) is 11.7 Å². The number of aryl methyl sites for hydroxylation is 1. The molecule has 0 bridgehead atoms. The number of nitrogens with zero attached hydrogens (tertiary/aromatic N) is 6. The zero-order valence-electron chi connectivity index (χ0n) is 19.6. The number of carbonyl (C=O) groups is 1. The zero-order valence-corrected chi connectivity index (χ0v) is 21.2. The van der Waals surface area contributed by atoms with Crippen LogP contribution in [0, 0.1) is 0 Å². The van der Waals surface area contributed by atoms with Crippen LogP contribution in [0.25, 0.3) is 16.9 Å². The van der Waals surface area contributed by atoms with E-state index >= 15 is 0 Å². The number of imidazole rings is 1. The van der Waals surface area contributed by atoms with Crippen molar-refractivity contribution < 1.29 is 9.53 Å². The normalized spacial score (nSPS) is 11.4. The van der Waals surface area contributed by atoms with Crippen LogP contribution < -0.4 is 16.0 Å². The van der Waals surface area contributed by atoms with Crippen molar-refractivity contribution in [2.75, 3.05) is 12.9 Å². The smallest absolute Gasteiger partial charge is 0.332 e. The quantitative estimate of drug-likeness (QED) is 0.238. The third kappa shape index (κ3) is 3.99. The summed E-state index contributed by atoms with van der Waals surface area (Å²) in [5.74, 6) is 0.933. The third-order valence-electron chi connectivity index (χ3n) is 5.93. The molecule has 0 unspecified atom stereocenters. The molecule has 0 atom stereocenters. The molecule has 36 heavy (non-hydrogen) atoms. The molecule has 0 fully saturated rings. The Morgan fingerprint density at radius 2 is 1.81 bits per heavy atom. The highest BCUT2D eigenvalue weighted by molar-refractivity contribution is 7.99. The summed E-state index contributed by atoms with van der Waals surface area (Å²) in [7, 11) is 4.57. The molecule has 10 nitrogen and oxygen atoms in total. The Bertz CT molecular complexity index is 1750. The van der Waals surface area contributed by atoms with Crippen molar-refractivity contribution in [3.8, 4) is 5.75 Å². The molecule has 12 heteroatoms. The first-order valence-electron chi connectivity index (χ1n) is 10.9. The van der Waals surface area contributed by atoms with E-state index in [1.165, 1.54) is 23.4 Å². The number of hydrogen-bond acceptors (Lipinski definition) is 7. The molecule has 3 heterocycles. The molecule has 5 rings (SSSR count). The van der Waals surface area contributed by atoms with E-state index in [0.717, 1.165) is 10.1 Å². The molecule has 3 aromatic heterocycles. The summed E-state index contributed by atoms with van der Waals surface area (Å²) >= 11 is 7.21. The average Bonchev–Trinajstić information content (AvgIpc) is 3.44. The molecule has 0 spiro atoms. The van der Waals surface area contributed by atoms with E-state index in [9.17, 15) is 14.4 Å². The van der Waals surface area contributed by atoms with Gasteiger partial charge in [-0.05, 0) is 29.8 Å². The van der Waals surface area contributed by atoms with Crippen LogP contribution in [0.3, 0.4) is 0 Å². The van der Waals surface area contributed by atoms with E-state index in [1.54, 1.807) is 59.5 Å². The molecule has 5 aromatic rings. The van der Waals surface area contributed by atoms with Crippen LogP contribution in [-0.4, -0.2) is 46.9 Å². The van der Waals surface area contributed by atoms with Crippen LogP contribution in [0.2, 0.25) is 5.02 Å². The van der Waals surface area contributed by atoms with Crippen molar-refractivity contribution in [1.29, 1.82) is 0 Å². The van der Waals surface area contributed by atoms with E-state index < -0.39 is 11.2 Å². The number of Topliss-reactive ketones (excluding diaryl/α,β-unsaturated/α-hetero) is 1. The number of hydrogen-bond donors (Lipinski definition) is 0. The number of thioether (sulfide) groups is 1. The fourth-order valence-electron chi connectivity index (χ4n) is 4.06. The molecule has 2 aromatic carbocycles. The van der Waals surface area contributed by atoms with Gasteiger partial charge in [0.15, 0.2) is 22.1 Å². The Labute approximate surface area is 213 Å². The number of aromatic nitrogens is 6. The minimum absolute atomic E-state index is 0.0800. The number of halogens is 1. The Kier molecular flexibility index (Phi) is 6.19. The van der Waals surface area contributed by atoms with Gasteiger partial charge in [-0.15, -0.1) is 10.2 Å². The molecule has 0 saturated heterocycles. The lowest BCUT2D eigenvalue weighted by Crippen LogP contribution is -2.37. The van der Waals surface area contributed by atoms with Gasteiger partial charge in [-0.3, -0.25) is 23.3 Å². The van der Waals surface area contributed by atoms with E-state index in [1.807, 2.05) is 12.1 Å². The summed E-state index contributed by atoms with van der Waals surface area (Å²) in [6, 6.07) is 14.2. The van der Waals surface area contributed by atoms with Crippen molar-refractivity contribution in [2.24, 2.45) is 14.1 Å². The highest BCUT2D eigenvalue weighted by atomic mass is 35.5. The summed E-state index contributed by atoms with van der Waals surface area (Å²) in [6.07, 6.45) is 0. The first kappa shape index (κ1) is 23.9. The van der Waals surface area contributed by atoms with E-state index in [4.69, 9.17) is 16.3 Å². The molecule has 0 amide bonds. The number of rotatable bonds is 7. The molecule has 0 aliphatic carbocycles. The van der Waals surface area contributed by atoms with Crippen molar-refractivity contribution in [3.05, 3.63) is 85.5 Å². The number of benzene rings is 2. The summed E-state index contributed by atoms with van der Waals surface area (Å²) in [4.78, 5) is 38.8. The third-order valence-corrected chi connectivity index (χ3v) is 7.11. The van der Waals surface area contributed by atoms with Gasteiger partial charge in [0.1, 0.15) is 5.75 Å². The minimum atomic E-state index is -0.477. The monoisotopic (exact) mass is 524 g/mol. The van der Waals surface area contributed by atoms with Gasteiger partial charge in [0.25, 0.3) is 5.56 Å². The fourth-order valence-corrected chi connectivity index (χ4v) is 5.00. The number of carbonyl (C=O) groups excluding carboxylic acids is 1. The van der Waals surface area contributed by atoms with E-state index in [-0.39, 0.29) is 11.5 Å². The van der Waals surface area contributed by atoms with Crippen LogP contribution >= 0.6 is 23.4 Å². The molecule has 0 saturated carbocycles. The second-order valence-corrected chi connectivity index (χ2v) is 9.53. The van der Waals surface area contributed by atoms with Gasteiger partial charge in [-0.1, -0.05) is 47.6 Å². The Morgan fingerprint density at radius 1 is 1.06 bits per heavy atom. The van der Waals surface area contributed by atoms with Crippen molar-refractivity contribution in [1.82, 2.24) is 28.3 Å². The number of methoxy groups -OCH3 is 1. The second-order valence-electron chi connectivity index (χ2n) is 8.15. The Morgan fingerprint density at radius 3 is 2.53 bits per heavy atom. The predicted molar refractivity (Wildman–Crippen MR) is 138 cm³/mol. The molecule has 0 N–H and O–H groups in total. The summed E-state index contributed by atoms with van der Waals surface area (Å²) in [5.41, 5.74) is 1.13. The SMILES string of the molecule is COc1cccc(C(=O)CSc2nnc3n(Cc4ccc(Cl)cc4)c4c(=O)n(C)c(=O)n(C)c4n23)c1. The lowest BCUT2D eigenvalue weighted by Gasteiger charge is -2.08. The van der Waals surface area contributed by atoms with Crippen LogP contribution in [0.15, 0.2) is 63.3 Å². The minimum Gasteiger partial charge on any atom is -0.497 e. The Hall–Kier alpha value is -3.83. The highest BCUT2D eigenvalue weighted by Gasteiger charge is 2.24. The molecule has 0 aliphatic rings. The van der Waals surface area contributed by atoms with Gasteiger partial charge in [-0.25, -0.2) is 9.20 Å². The largest absolute Gasteiger partial charge is 0.497 e. The molecule has 184 valence electrons. The lowest BCUT2D eigenvalue weighted by molar-refractivity contribution is 0.102. The van der Waals surface area contributed by atoms with Gasteiger partial charge in [0.05, 0.1) is 19.4 Å². The first-order valence-corrected chi connectivity index (χ1v) is 12.2. The molecular formula is C24H21ClN6O4S. The van der Waals surface area contributed by atoms with Gasteiger partial charge in [-0.2, -0.15) is 0 Å². The number of fused-ring (bicyclic) bond motifs is 3. The van der Waals surface area contributed by atoms with Crippen molar-refractivity contribution >= 4 is 46.1 Å². The van der Waals surface area contributed by atoms with Gasteiger partial charge in [0, 0.05) is 24.7 Å². The molecule has 0 radical (unpaired) electrons. The summed E-state index contributed by atoms with van der Waals surface area (Å²) in [5, 5.41) is 9.59. The topological polar surface area (TPSA) is 105 Å². The zero-order chi connectivity index (χ0) is 25.6. The number of ether oxygens (including phenoxy) is 1. The maximum Gasteiger partial charge on any atom is 0.332 e. The molecular weight excluding hydrogens is 504 g/mol. The van der Waals surface area contributed by atoms with Crippen LogP contribution in [0.4, 0.5) is 0 Å². The molecule has 0 aliphatic heterocycles. The van der Waals surface area contributed by atoms with Crippen LogP contribution in [0.1, 0.15) is 15.9 Å². The lowest BCUT2D eigenvalue weighted by atomic mass is 10.1. The standard InChI is InChI=1S/C24H21ClN6O4S/c1-28-20-19(21(33)29(2)24(28)34)30(12-14-7-9-16(25)10-8-14)22-26-27-23(31(20)22)36-13-18(32)15-5-4-6-17(11-15)35-3/h4-11H,12-13H2,1-3H3. The summed E-state index contributed by atoms with van der Waals surface area (Å²) in [6.45, 7) is 0.309. The first-order chi connectivity index (χ1) is 17.3.